The molecule has 0 saturated carbocycles. The van der Waals surface area contributed by atoms with E-state index in [9.17, 15) is 34.5 Å². The molecular weight excluding hydrogens is 532 g/mol. The number of para-hydroxylation sites is 2. The summed E-state index contributed by atoms with van der Waals surface area (Å²) in [6.07, 6.45) is 3.52. The van der Waals surface area contributed by atoms with Gasteiger partial charge in [-0.25, -0.2) is 4.79 Å². The Balaban J connectivity index is 1.47. The molecule has 0 spiro atoms. The fourth-order valence-electron chi connectivity index (χ4n) is 4.56. The summed E-state index contributed by atoms with van der Waals surface area (Å²) in [4.78, 5) is 56.6. The van der Waals surface area contributed by atoms with Gasteiger partial charge in [0.25, 0.3) is 0 Å². The number of aliphatic hydroxyl groups is 2. The van der Waals surface area contributed by atoms with Crippen LogP contribution < -0.4 is 21.7 Å². The van der Waals surface area contributed by atoms with Crippen LogP contribution in [0.25, 0.3) is 21.8 Å². The molecule has 3 amide bonds. The van der Waals surface area contributed by atoms with E-state index in [-0.39, 0.29) is 12.8 Å². The highest BCUT2D eigenvalue weighted by Gasteiger charge is 2.31. The minimum Gasteiger partial charge on any atom is -0.480 e. The number of hydrogen-bond donors (Lipinski definition) is 9. The summed E-state index contributed by atoms with van der Waals surface area (Å²) in [5, 5.41) is 37.3. The van der Waals surface area contributed by atoms with Gasteiger partial charge in [0.15, 0.2) is 0 Å². The Kier molecular flexibility index (Phi) is 9.34. The van der Waals surface area contributed by atoms with Crippen LogP contribution >= 0.6 is 0 Å². The quantitative estimate of drug-likeness (QED) is 0.101. The van der Waals surface area contributed by atoms with E-state index < -0.39 is 61.1 Å². The third kappa shape index (κ3) is 6.90. The van der Waals surface area contributed by atoms with Crippen LogP contribution in [0.5, 0.6) is 0 Å². The number of carboxylic acid groups (broad SMARTS) is 1. The van der Waals surface area contributed by atoms with Gasteiger partial charge in [0.05, 0.1) is 19.3 Å². The van der Waals surface area contributed by atoms with Crippen LogP contribution in [0.2, 0.25) is 0 Å². The molecule has 4 aromatic rings. The number of carbonyl (C=O) groups excluding carboxylic acids is 3. The van der Waals surface area contributed by atoms with E-state index in [0.717, 1.165) is 27.4 Å². The number of H-pyrrole nitrogens is 2. The molecule has 10 N–H and O–H groups in total. The lowest BCUT2D eigenvalue weighted by Gasteiger charge is -2.24. The first-order valence-corrected chi connectivity index (χ1v) is 12.9. The molecule has 2 heterocycles. The van der Waals surface area contributed by atoms with Gasteiger partial charge in [-0.2, -0.15) is 0 Å². The van der Waals surface area contributed by atoms with Gasteiger partial charge in [-0.15, -0.1) is 0 Å². The number of nitrogens with one attached hydrogen (secondary N) is 5. The number of aromatic amines is 2. The maximum absolute atomic E-state index is 13.1. The van der Waals surface area contributed by atoms with Gasteiger partial charge in [0.1, 0.15) is 18.1 Å². The zero-order chi connectivity index (χ0) is 29.5. The normalized spacial score (nSPS) is 14.2. The molecule has 2 aromatic carbocycles. The molecular formula is C28H32N6O7. The molecule has 0 aliphatic carbocycles. The van der Waals surface area contributed by atoms with Crippen LogP contribution in [0.4, 0.5) is 0 Å². The van der Waals surface area contributed by atoms with Crippen molar-refractivity contribution in [2.45, 2.75) is 37.0 Å². The van der Waals surface area contributed by atoms with Crippen molar-refractivity contribution in [3.63, 3.8) is 0 Å². The zero-order valence-corrected chi connectivity index (χ0v) is 22.0. The standard InChI is InChI=1S/C28H32N6O7/c29-19(9-15-11-30-20-7-3-1-5-17(15)20)25(37)33-23(13-35)27(39)32-22(26(38)34-24(14-36)28(40)41)10-16-12-31-21-8-4-2-6-18(16)21/h1-8,11-12,19,22-24,30-31,35-36H,9-10,13-14,29H2,(H,32,39)(H,33,37)(H,34,38)(H,40,41). The molecule has 4 unspecified atom stereocenters. The van der Waals surface area contributed by atoms with Crippen molar-refractivity contribution in [2.75, 3.05) is 13.2 Å². The minimum absolute atomic E-state index is 0.0501. The van der Waals surface area contributed by atoms with Crippen LogP contribution in [0.3, 0.4) is 0 Å². The Morgan fingerprint density at radius 2 is 1.15 bits per heavy atom. The molecule has 0 bridgehead atoms. The summed E-state index contributed by atoms with van der Waals surface area (Å²) in [5.74, 6) is -3.89. The molecule has 13 nitrogen and oxygen atoms in total. The first-order chi connectivity index (χ1) is 19.7. The minimum atomic E-state index is -1.60. The molecule has 0 radical (unpaired) electrons. The van der Waals surface area contributed by atoms with Crippen molar-refractivity contribution in [3.05, 3.63) is 72.1 Å². The Bertz CT molecular complexity index is 1550. The molecule has 216 valence electrons. The number of nitrogens with two attached hydrogens (primary N) is 1. The lowest BCUT2D eigenvalue weighted by molar-refractivity contribution is -0.143. The summed E-state index contributed by atoms with van der Waals surface area (Å²) in [7, 11) is 0. The molecule has 0 saturated heterocycles. The predicted molar refractivity (Wildman–Crippen MR) is 150 cm³/mol. The Morgan fingerprint density at radius 1 is 0.683 bits per heavy atom. The number of benzene rings is 2. The van der Waals surface area contributed by atoms with E-state index in [0.29, 0.717) is 5.56 Å². The Labute approximate surface area is 234 Å². The van der Waals surface area contributed by atoms with Crippen molar-refractivity contribution in [1.29, 1.82) is 0 Å². The average molecular weight is 565 g/mol. The fourth-order valence-corrected chi connectivity index (χ4v) is 4.56. The van der Waals surface area contributed by atoms with Gasteiger partial charge >= 0.3 is 5.97 Å². The van der Waals surface area contributed by atoms with Crippen LogP contribution in [0.15, 0.2) is 60.9 Å². The van der Waals surface area contributed by atoms with Crippen LogP contribution in [-0.4, -0.2) is 86.4 Å². The molecule has 4 rings (SSSR count). The van der Waals surface area contributed by atoms with Crippen LogP contribution in [0, 0.1) is 0 Å². The van der Waals surface area contributed by atoms with Crippen molar-refractivity contribution < 1.29 is 34.5 Å². The summed E-state index contributed by atoms with van der Waals surface area (Å²) in [6, 6.07) is 9.40. The summed E-state index contributed by atoms with van der Waals surface area (Å²) in [5.41, 5.74) is 9.24. The Hall–Kier alpha value is -4.72. The van der Waals surface area contributed by atoms with Gasteiger partial charge in [0.2, 0.25) is 17.7 Å². The Morgan fingerprint density at radius 3 is 1.68 bits per heavy atom. The van der Waals surface area contributed by atoms with Gasteiger partial charge < -0.3 is 47.0 Å². The second kappa shape index (κ2) is 13.1. The van der Waals surface area contributed by atoms with E-state index in [4.69, 9.17) is 5.73 Å². The van der Waals surface area contributed by atoms with Crippen LogP contribution in [0.1, 0.15) is 11.1 Å². The summed E-state index contributed by atoms with van der Waals surface area (Å²) < 4.78 is 0. The van der Waals surface area contributed by atoms with Crippen molar-refractivity contribution in [3.8, 4) is 0 Å². The maximum Gasteiger partial charge on any atom is 0.328 e. The highest BCUT2D eigenvalue weighted by molar-refractivity contribution is 5.95. The van der Waals surface area contributed by atoms with E-state index in [1.54, 1.807) is 18.5 Å². The van der Waals surface area contributed by atoms with Crippen molar-refractivity contribution >= 4 is 45.5 Å². The molecule has 4 atom stereocenters. The van der Waals surface area contributed by atoms with Crippen molar-refractivity contribution in [1.82, 2.24) is 25.9 Å². The van der Waals surface area contributed by atoms with Gasteiger partial charge in [0, 0.05) is 40.6 Å². The van der Waals surface area contributed by atoms with Gasteiger partial charge in [-0.05, 0) is 29.7 Å². The molecule has 0 aliphatic heterocycles. The highest BCUT2D eigenvalue weighted by atomic mass is 16.4. The van der Waals surface area contributed by atoms with Gasteiger partial charge in [-0.3, -0.25) is 14.4 Å². The predicted octanol–water partition coefficient (Wildman–Crippen LogP) is -0.715. The topological polar surface area (TPSA) is 223 Å². The lowest BCUT2D eigenvalue weighted by atomic mass is 10.0. The number of carbonyl (C=O) groups is 4. The molecule has 41 heavy (non-hydrogen) atoms. The van der Waals surface area contributed by atoms with E-state index in [2.05, 4.69) is 25.9 Å². The molecule has 0 fully saturated rings. The lowest BCUT2D eigenvalue weighted by Crippen LogP contribution is -2.59. The SMILES string of the molecule is NC(Cc1c[nH]c2ccccc12)C(=O)NC(CO)C(=O)NC(Cc1c[nH]c2ccccc12)C(=O)NC(CO)C(=O)O. The number of amides is 3. The number of hydrogen-bond acceptors (Lipinski definition) is 7. The largest absolute Gasteiger partial charge is 0.480 e. The number of aliphatic carboxylic acids is 1. The number of fused-ring (bicyclic) bond motifs is 2. The third-order valence-electron chi connectivity index (χ3n) is 6.80. The van der Waals surface area contributed by atoms with Gasteiger partial charge in [-0.1, -0.05) is 36.4 Å². The van der Waals surface area contributed by atoms with Crippen molar-refractivity contribution in [2.24, 2.45) is 5.73 Å². The maximum atomic E-state index is 13.1. The number of aliphatic hydroxyl groups excluding tert-OH is 2. The van der Waals surface area contributed by atoms with Crippen LogP contribution in [-0.2, 0) is 32.0 Å². The number of rotatable bonds is 13. The summed E-state index contributed by atoms with van der Waals surface area (Å²) >= 11 is 0. The third-order valence-corrected chi connectivity index (χ3v) is 6.80. The molecule has 2 aromatic heterocycles. The van der Waals surface area contributed by atoms with E-state index >= 15 is 0 Å². The summed E-state index contributed by atoms with van der Waals surface area (Å²) in [6.45, 7) is -1.65. The molecule has 13 heteroatoms. The number of aromatic nitrogens is 2. The number of carboxylic acids is 1. The fraction of sp³-hybridized carbons (Fsp3) is 0.286. The molecule has 0 aliphatic rings. The zero-order valence-electron chi connectivity index (χ0n) is 22.0. The second-order valence-electron chi connectivity index (χ2n) is 9.62. The second-order valence-corrected chi connectivity index (χ2v) is 9.62. The average Bonchev–Trinajstić information content (AvgIpc) is 3.57. The monoisotopic (exact) mass is 564 g/mol. The first-order valence-electron chi connectivity index (χ1n) is 12.9. The highest BCUT2D eigenvalue weighted by Crippen LogP contribution is 2.20. The van der Waals surface area contributed by atoms with E-state index in [1.807, 2.05) is 42.5 Å². The van der Waals surface area contributed by atoms with E-state index in [1.165, 1.54) is 0 Å². The smallest absolute Gasteiger partial charge is 0.328 e. The first kappa shape index (κ1) is 29.3.